The molecule has 0 aliphatic carbocycles. The Morgan fingerprint density at radius 2 is 1.72 bits per heavy atom. The molecule has 9 heteroatoms. The molecule has 0 bridgehead atoms. The molecule has 0 spiro atoms. The number of hydrogen-bond acceptors (Lipinski definition) is 4. The van der Waals surface area contributed by atoms with Gasteiger partial charge in [0.1, 0.15) is 0 Å². The number of piperidine rings is 1. The number of halogens is 1. The zero-order valence-electron chi connectivity index (χ0n) is 15.9. The van der Waals surface area contributed by atoms with Crippen molar-refractivity contribution in [2.45, 2.75) is 17.7 Å². The molecule has 1 aliphatic rings. The zero-order chi connectivity index (χ0) is 21.0. The monoisotopic (exact) mass is 479 g/mol. The van der Waals surface area contributed by atoms with Gasteiger partial charge in [0.15, 0.2) is 0 Å². The maximum Gasteiger partial charge on any atom is 0.261 e. The molecule has 1 unspecified atom stereocenters. The minimum atomic E-state index is -3.71. The highest BCUT2D eigenvalue weighted by atomic mass is 79.9. The molecule has 2 N–H and O–H groups in total. The van der Waals surface area contributed by atoms with Gasteiger partial charge in [-0.2, -0.15) is 0 Å². The lowest BCUT2D eigenvalue weighted by Gasteiger charge is -2.31. The Morgan fingerprint density at radius 1 is 1.07 bits per heavy atom. The number of likely N-dealkylation sites (tertiary alicyclic amines) is 1. The molecule has 1 atom stereocenters. The second-order valence-corrected chi connectivity index (χ2v) is 9.44. The van der Waals surface area contributed by atoms with E-state index in [-0.39, 0.29) is 22.6 Å². The molecule has 1 saturated heterocycles. The third-order valence-corrected chi connectivity index (χ3v) is 6.76. The molecule has 2 aromatic carbocycles. The number of rotatable bonds is 5. The Hall–Kier alpha value is -2.39. The molecule has 1 fully saturated rings. The van der Waals surface area contributed by atoms with Crippen LogP contribution in [0.5, 0.6) is 0 Å². The number of hydrogen-bond donors (Lipinski definition) is 2. The molecule has 1 aliphatic heterocycles. The predicted octanol–water partition coefficient (Wildman–Crippen LogP) is 2.85. The summed E-state index contributed by atoms with van der Waals surface area (Å²) >= 11 is 3.28. The van der Waals surface area contributed by atoms with Gasteiger partial charge >= 0.3 is 0 Å². The van der Waals surface area contributed by atoms with Crippen molar-refractivity contribution in [2.24, 2.45) is 5.92 Å². The summed E-state index contributed by atoms with van der Waals surface area (Å²) in [6.07, 6.45) is 1.54. The van der Waals surface area contributed by atoms with Crippen LogP contribution in [0.4, 0.5) is 5.69 Å². The van der Waals surface area contributed by atoms with E-state index in [0.29, 0.717) is 24.3 Å². The van der Waals surface area contributed by atoms with Crippen LogP contribution in [0.3, 0.4) is 0 Å². The van der Waals surface area contributed by atoms with Crippen LogP contribution in [-0.4, -0.2) is 45.3 Å². The summed E-state index contributed by atoms with van der Waals surface area (Å²) < 4.78 is 28.2. The van der Waals surface area contributed by atoms with Gasteiger partial charge in [0.2, 0.25) is 5.91 Å². The third-order valence-electron chi connectivity index (χ3n) is 4.83. The number of anilines is 1. The first-order chi connectivity index (χ1) is 13.8. The van der Waals surface area contributed by atoms with E-state index in [9.17, 15) is 18.0 Å². The molecule has 7 nitrogen and oxygen atoms in total. The number of sulfonamides is 1. The van der Waals surface area contributed by atoms with Crippen molar-refractivity contribution in [2.75, 3.05) is 24.9 Å². The van der Waals surface area contributed by atoms with Gasteiger partial charge in [-0.05, 0) is 61.4 Å². The SMILES string of the molecule is CNC(=O)C1CCCN(C(=O)c2ccc(NS(=O)(=O)c3ccc(Br)cc3)cc2)C1. The van der Waals surface area contributed by atoms with E-state index in [2.05, 4.69) is 26.0 Å². The van der Waals surface area contributed by atoms with E-state index in [0.717, 1.165) is 17.3 Å². The van der Waals surface area contributed by atoms with Crippen LogP contribution in [0.25, 0.3) is 0 Å². The quantitative estimate of drug-likeness (QED) is 0.688. The van der Waals surface area contributed by atoms with Crippen LogP contribution in [0.2, 0.25) is 0 Å². The van der Waals surface area contributed by atoms with Crippen molar-refractivity contribution in [3.8, 4) is 0 Å². The van der Waals surface area contributed by atoms with Gasteiger partial charge in [-0.25, -0.2) is 8.42 Å². The van der Waals surface area contributed by atoms with Crippen LogP contribution in [0.15, 0.2) is 57.9 Å². The van der Waals surface area contributed by atoms with Gasteiger partial charge in [0.05, 0.1) is 10.8 Å². The summed E-state index contributed by atoms with van der Waals surface area (Å²) in [4.78, 5) is 26.4. The Morgan fingerprint density at radius 3 is 2.34 bits per heavy atom. The van der Waals surface area contributed by atoms with Crippen molar-refractivity contribution in [1.29, 1.82) is 0 Å². The summed E-state index contributed by atoms with van der Waals surface area (Å²) in [5.74, 6) is -0.421. The molecule has 0 aromatic heterocycles. The Balaban J connectivity index is 1.69. The van der Waals surface area contributed by atoms with E-state index >= 15 is 0 Å². The topological polar surface area (TPSA) is 95.6 Å². The van der Waals surface area contributed by atoms with Crippen molar-refractivity contribution >= 4 is 43.5 Å². The Bertz CT molecular complexity index is 991. The van der Waals surface area contributed by atoms with Gasteiger partial charge in [0, 0.05) is 35.9 Å². The van der Waals surface area contributed by atoms with E-state index in [1.54, 1.807) is 48.3 Å². The molecule has 29 heavy (non-hydrogen) atoms. The Labute approximate surface area is 178 Å². The van der Waals surface area contributed by atoms with E-state index in [4.69, 9.17) is 0 Å². The zero-order valence-corrected chi connectivity index (χ0v) is 18.3. The van der Waals surface area contributed by atoms with Gasteiger partial charge in [-0.3, -0.25) is 14.3 Å². The molecule has 3 rings (SSSR count). The first-order valence-electron chi connectivity index (χ1n) is 9.19. The lowest BCUT2D eigenvalue weighted by Crippen LogP contribution is -2.44. The van der Waals surface area contributed by atoms with Gasteiger partial charge in [0.25, 0.3) is 15.9 Å². The molecule has 2 amide bonds. The van der Waals surface area contributed by atoms with Crippen molar-refractivity contribution in [1.82, 2.24) is 10.2 Å². The normalized spacial score (nSPS) is 16.9. The molecule has 1 heterocycles. The van der Waals surface area contributed by atoms with Crippen molar-refractivity contribution in [3.05, 3.63) is 58.6 Å². The van der Waals surface area contributed by atoms with Gasteiger partial charge in [-0.15, -0.1) is 0 Å². The predicted molar refractivity (Wildman–Crippen MR) is 114 cm³/mol. The van der Waals surface area contributed by atoms with Crippen LogP contribution in [0.1, 0.15) is 23.2 Å². The van der Waals surface area contributed by atoms with Crippen LogP contribution in [-0.2, 0) is 14.8 Å². The fourth-order valence-corrected chi connectivity index (χ4v) is 4.59. The highest BCUT2D eigenvalue weighted by Crippen LogP contribution is 2.21. The largest absolute Gasteiger partial charge is 0.359 e. The fraction of sp³-hybridized carbons (Fsp3) is 0.300. The maximum atomic E-state index is 12.8. The van der Waals surface area contributed by atoms with Gasteiger partial charge < -0.3 is 10.2 Å². The number of nitrogens with zero attached hydrogens (tertiary/aromatic N) is 1. The highest BCUT2D eigenvalue weighted by Gasteiger charge is 2.28. The average Bonchev–Trinajstić information content (AvgIpc) is 2.73. The number of nitrogens with one attached hydrogen (secondary N) is 2. The van der Waals surface area contributed by atoms with E-state index in [1.807, 2.05) is 0 Å². The lowest BCUT2D eigenvalue weighted by molar-refractivity contribution is -0.125. The Kier molecular flexibility index (Phi) is 6.59. The first-order valence-corrected chi connectivity index (χ1v) is 11.5. The van der Waals surface area contributed by atoms with Gasteiger partial charge in [-0.1, -0.05) is 15.9 Å². The summed E-state index contributed by atoms with van der Waals surface area (Å²) in [7, 11) is -2.12. The summed E-state index contributed by atoms with van der Waals surface area (Å²) in [6.45, 7) is 0.987. The van der Waals surface area contributed by atoms with Crippen LogP contribution < -0.4 is 10.0 Å². The molecule has 0 saturated carbocycles. The number of carbonyl (C=O) groups excluding carboxylic acids is 2. The average molecular weight is 480 g/mol. The van der Waals surface area contributed by atoms with E-state index in [1.165, 1.54) is 12.1 Å². The minimum absolute atomic E-state index is 0.0554. The summed E-state index contributed by atoms with van der Waals surface area (Å²) in [6, 6.07) is 12.6. The second-order valence-electron chi connectivity index (χ2n) is 6.84. The number of benzene rings is 2. The molecular weight excluding hydrogens is 458 g/mol. The number of carbonyl (C=O) groups is 2. The molecule has 2 aromatic rings. The van der Waals surface area contributed by atoms with Crippen LogP contribution in [0, 0.1) is 5.92 Å². The summed E-state index contributed by atoms with van der Waals surface area (Å²) in [5, 5.41) is 2.63. The smallest absolute Gasteiger partial charge is 0.261 e. The third kappa shape index (κ3) is 5.16. The van der Waals surface area contributed by atoms with Crippen molar-refractivity contribution < 1.29 is 18.0 Å². The summed E-state index contributed by atoms with van der Waals surface area (Å²) in [5.41, 5.74) is 0.820. The molecule has 0 radical (unpaired) electrons. The fourth-order valence-electron chi connectivity index (χ4n) is 3.27. The van der Waals surface area contributed by atoms with Crippen LogP contribution >= 0.6 is 15.9 Å². The standard InChI is InChI=1S/C20H22BrN3O4S/c1-22-19(25)15-3-2-12-24(13-15)20(26)14-4-8-17(9-5-14)23-29(27,28)18-10-6-16(21)7-11-18/h4-11,15,23H,2-3,12-13H2,1H3,(H,22,25). The first kappa shape index (κ1) is 21.3. The lowest BCUT2D eigenvalue weighted by atomic mass is 9.96. The maximum absolute atomic E-state index is 12.8. The van der Waals surface area contributed by atoms with Crippen molar-refractivity contribution in [3.63, 3.8) is 0 Å². The van der Waals surface area contributed by atoms with E-state index < -0.39 is 10.0 Å². The minimum Gasteiger partial charge on any atom is -0.359 e. The molecular formula is C20H22BrN3O4S. The molecule has 154 valence electrons. The second kappa shape index (κ2) is 8.96. The highest BCUT2D eigenvalue weighted by molar-refractivity contribution is 9.10. The number of amides is 2.